The van der Waals surface area contributed by atoms with E-state index >= 15 is 0 Å². The number of nitrogens with zero attached hydrogens (tertiary/aromatic N) is 1. The second-order valence-corrected chi connectivity index (χ2v) is 5.66. The third-order valence-electron chi connectivity index (χ3n) is 4.08. The van der Waals surface area contributed by atoms with Crippen molar-refractivity contribution in [2.45, 2.75) is 51.7 Å². The number of likely N-dealkylation sites (tertiary alicyclic amines) is 1. The fourth-order valence-electron chi connectivity index (χ4n) is 3.17. The summed E-state index contributed by atoms with van der Waals surface area (Å²) in [7, 11) is 0. The Morgan fingerprint density at radius 3 is 2.60 bits per heavy atom. The summed E-state index contributed by atoms with van der Waals surface area (Å²) >= 11 is 0. The van der Waals surface area contributed by atoms with Crippen molar-refractivity contribution in [3.63, 3.8) is 0 Å². The van der Waals surface area contributed by atoms with Crippen LogP contribution in [0.4, 0.5) is 8.78 Å². The van der Waals surface area contributed by atoms with Crippen LogP contribution in [0.25, 0.3) is 0 Å². The fourth-order valence-corrected chi connectivity index (χ4v) is 3.17. The normalized spacial score (nSPS) is 21.9. The van der Waals surface area contributed by atoms with E-state index in [4.69, 9.17) is 0 Å². The van der Waals surface area contributed by atoms with Gasteiger partial charge < -0.3 is 5.32 Å². The van der Waals surface area contributed by atoms with Gasteiger partial charge in [0.25, 0.3) is 0 Å². The monoisotopic (exact) mass is 282 g/mol. The molecule has 0 radical (unpaired) electrons. The van der Waals surface area contributed by atoms with Crippen LogP contribution in [0.1, 0.15) is 38.7 Å². The molecule has 4 heteroatoms. The lowest BCUT2D eigenvalue weighted by Crippen LogP contribution is -2.50. The number of halogens is 2. The molecule has 20 heavy (non-hydrogen) atoms. The van der Waals surface area contributed by atoms with Crippen molar-refractivity contribution in [2.75, 3.05) is 13.1 Å². The van der Waals surface area contributed by atoms with Gasteiger partial charge in [0.15, 0.2) is 0 Å². The summed E-state index contributed by atoms with van der Waals surface area (Å²) < 4.78 is 26.6. The lowest BCUT2D eigenvalue weighted by Gasteiger charge is -2.39. The highest BCUT2D eigenvalue weighted by molar-refractivity contribution is 5.18. The zero-order chi connectivity index (χ0) is 14.5. The molecule has 1 aliphatic heterocycles. The lowest BCUT2D eigenvalue weighted by molar-refractivity contribution is 0.112. The number of benzene rings is 1. The Bertz CT molecular complexity index is 416. The quantitative estimate of drug-likeness (QED) is 0.891. The van der Waals surface area contributed by atoms with Gasteiger partial charge >= 0.3 is 0 Å². The molecule has 1 N–H and O–H groups in total. The van der Waals surface area contributed by atoms with E-state index < -0.39 is 11.6 Å². The summed E-state index contributed by atoms with van der Waals surface area (Å²) in [5.74, 6) is -0.985. The predicted molar refractivity (Wildman–Crippen MR) is 77.5 cm³/mol. The van der Waals surface area contributed by atoms with Crippen LogP contribution in [0, 0.1) is 11.6 Å². The molecular weight excluding hydrogens is 258 g/mol. The van der Waals surface area contributed by atoms with Gasteiger partial charge in [-0.25, -0.2) is 8.78 Å². The van der Waals surface area contributed by atoms with Crippen LogP contribution in [-0.2, 0) is 6.54 Å². The molecular formula is C16H24F2N2. The van der Waals surface area contributed by atoms with E-state index in [9.17, 15) is 8.78 Å². The zero-order valence-corrected chi connectivity index (χ0v) is 12.3. The fraction of sp³-hybridized carbons (Fsp3) is 0.625. The molecule has 1 saturated heterocycles. The largest absolute Gasteiger partial charge is 0.313 e. The Hall–Kier alpha value is -1.00. The average molecular weight is 282 g/mol. The highest BCUT2D eigenvalue weighted by Crippen LogP contribution is 2.22. The molecule has 0 saturated carbocycles. The molecule has 0 spiro atoms. The predicted octanol–water partition coefficient (Wildman–Crippen LogP) is 3.32. The topological polar surface area (TPSA) is 15.3 Å². The van der Waals surface area contributed by atoms with E-state index in [1.54, 1.807) is 0 Å². The first kappa shape index (κ1) is 15.4. The van der Waals surface area contributed by atoms with Crippen molar-refractivity contribution in [1.82, 2.24) is 10.2 Å². The maximum Gasteiger partial charge on any atom is 0.126 e. The molecule has 2 nitrogen and oxygen atoms in total. The molecule has 0 aliphatic carbocycles. The molecule has 0 amide bonds. The molecule has 0 bridgehead atoms. The van der Waals surface area contributed by atoms with Crippen LogP contribution >= 0.6 is 0 Å². The SMILES string of the molecule is CCNC(C)C1CCCCN1Cc1cc(F)cc(F)c1. The molecule has 1 fully saturated rings. The van der Waals surface area contributed by atoms with Gasteiger partial charge in [-0.3, -0.25) is 4.90 Å². The first-order valence-electron chi connectivity index (χ1n) is 7.52. The molecule has 1 heterocycles. The van der Waals surface area contributed by atoms with Crippen molar-refractivity contribution >= 4 is 0 Å². The standard InChI is InChI=1S/C16H24F2N2/c1-3-19-12(2)16-6-4-5-7-20(16)11-13-8-14(17)10-15(18)9-13/h8-10,12,16,19H,3-7,11H2,1-2H3. The number of hydrogen-bond donors (Lipinski definition) is 1. The lowest BCUT2D eigenvalue weighted by atomic mass is 9.95. The van der Waals surface area contributed by atoms with Gasteiger partial charge in [-0.2, -0.15) is 0 Å². The van der Waals surface area contributed by atoms with Gasteiger partial charge in [-0.1, -0.05) is 13.3 Å². The molecule has 112 valence electrons. The van der Waals surface area contributed by atoms with E-state index in [2.05, 4.69) is 24.1 Å². The number of piperidine rings is 1. The Morgan fingerprint density at radius 1 is 1.25 bits per heavy atom. The summed E-state index contributed by atoms with van der Waals surface area (Å²) in [5, 5.41) is 3.46. The van der Waals surface area contributed by atoms with Crippen LogP contribution in [0.3, 0.4) is 0 Å². The van der Waals surface area contributed by atoms with Gasteiger partial charge in [0.1, 0.15) is 11.6 Å². The first-order valence-corrected chi connectivity index (χ1v) is 7.52. The first-order chi connectivity index (χ1) is 9.60. The van der Waals surface area contributed by atoms with Gasteiger partial charge in [0.2, 0.25) is 0 Å². The Morgan fingerprint density at radius 2 is 1.95 bits per heavy atom. The molecule has 2 unspecified atom stereocenters. The molecule has 2 atom stereocenters. The minimum Gasteiger partial charge on any atom is -0.313 e. The number of hydrogen-bond acceptors (Lipinski definition) is 2. The van der Waals surface area contributed by atoms with E-state index in [1.165, 1.54) is 18.6 Å². The van der Waals surface area contributed by atoms with Crippen LogP contribution in [0.5, 0.6) is 0 Å². The number of rotatable bonds is 5. The number of likely N-dealkylation sites (N-methyl/N-ethyl adjacent to an activating group) is 1. The van der Waals surface area contributed by atoms with E-state index in [-0.39, 0.29) is 0 Å². The summed E-state index contributed by atoms with van der Waals surface area (Å²) in [6, 6.07) is 4.64. The van der Waals surface area contributed by atoms with Crippen LogP contribution in [0.15, 0.2) is 18.2 Å². The van der Waals surface area contributed by atoms with Crippen molar-refractivity contribution in [3.05, 3.63) is 35.4 Å². The highest BCUT2D eigenvalue weighted by Gasteiger charge is 2.26. The average Bonchev–Trinajstić information content (AvgIpc) is 2.38. The minimum absolute atomic E-state index is 0.402. The molecule has 1 aromatic rings. The minimum atomic E-state index is -0.492. The third kappa shape index (κ3) is 4.00. The van der Waals surface area contributed by atoms with Gasteiger partial charge in [-0.05, 0) is 50.6 Å². The molecule has 1 aliphatic rings. The van der Waals surface area contributed by atoms with Crippen molar-refractivity contribution in [2.24, 2.45) is 0 Å². The van der Waals surface area contributed by atoms with Gasteiger partial charge in [0, 0.05) is 24.7 Å². The van der Waals surface area contributed by atoms with E-state index in [0.29, 0.717) is 18.6 Å². The second-order valence-electron chi connectivity index (χ2n) is 5.66. The Balaban J connectivity index is 2.08. The van der Waals surface area contributed by atoms with Crippen molar-refractivity contribution < 1.29 is 8.78 Å². The smallest absolute Gasteiger partial charge is 0.126 e. The van der Waals surface area contributed by atoms with Crippen molar-refractivity contribution in [3.8, 4) is 0 Å². The van der Waals surface area contributed by atoms with Gasteiger partial charge in [0.05, 0.1) is 0 Å². The van der Waals surface area contributed by atoms with Crippen LogP contribution in [0.2, 0.25) is 0 Å². The number of nitrogens with one attached hydrogen (secondary N) is 1. The van der Waals surface area contributed by atoms with Crippen LogP contribution < -0.4 is 5.32 Å². The molecule has 0 aromatic heterocycles. The van der Waals surface area contributed by atoms with E-state index in [1.807, 2.05) is 0 Å². The van der Waals surface area contributed by atoms with Crippen LogP contribution in [-0.4, -0.2) is 30.1 Å². The maximum atomic E-state index is 13.3. The molecule has 2 rings (SSSR count). The summed E-state index contributed by atoms with van der Waals surface area (Å²) in [5.41, 5.74) is 0.720. The Kier molecular flexibility index (Phi) is 5.49. The third-order valence-corrected chi connectivity index (χ3v) is 4.08. The van der Waals surface area contributed by atoms with E-state index in [0.717, 1.165) is 37.6 Å². The maximum absolute atomic E-state index is 13.3. The summed E-state index contributed by atoms with van der Waals surface area (Å²) in [6.07, 6.45) is 3.54. The summed E-state index contributed by atoms with van der Waals surface area (Å²) in [4.78, 5) is 2.35. The highest BCUT2D eigenvalue weighted by atomic mass is 19.1. The summed E-state index contributed by atoms with van der Waals surface area (Å²) in [6.45, 7) is 6.86. The second kappa shape index (κ2) is 7.14. The zero-order valence-electron chi connectivity index (χ0n) is 12.3. The van der Waals surface area contributed by atoms with Crippen molar-refractivity contribution in [1.29, 1.82) is 0 Å². The Labute approximate surface area is 120 Å². The van der Waals surface area contributed by atoms with Gasteiger partial charge in [-0.15, -0.1) is 0 Å². The molecule has 1 aromatic carbocycles.